The minimum absolute atomic E-state index is 0.0662. The van der Waals surface area contributed by atoms with Gasteiger partial charge in [-0.05, 0) is 62.1 Å². The highest BCUT2D eigenvalue weighted by molar-refractivity contribution is 5.87. The van der Waals surface area contributed by atoms with Gasteiger partial charge in [-0.3, -0.25) is 24.0 Å². The van der Waals surface area contributed by atoms with E-state index in [2.05, 4.69) is 0 Å². The van der Waals surface area contributed by atoms with Crippen molar-refractivity contribution in [2.24, 2.45) is 5.92 Å². The van der Waals surface area contributed by atoms with Crippen LogP contribution >= 0.6 is 0 Å². The lowest BCUT2D eigenvalue weighted by atomic mass is 9.77. The monoisotopic (exact) mass is 715 g/mol. The molecular weight excluding hydrogens is 673 g/mol. The van der Waals surface area contributed by atoms with Gasteiger partial charge in [-0.15, -0.1) is 0 Å². The first-order chi connectivity index (χ1) is 24.1. The molecule has 0 aromatic heterocycles. The highest BCUT2D eigenvalue weighted by atomic mass is 19.1. The van der Waals surface area contributed by atoms with Gasteiger partial charge in [0.15, 0.2) is 18.3 Å². The Balaban J connectivity index is 1.59. The fourth-order valence-corrected chi connectivity index (χ4v) is 6.38. The van der Waals surface area contributed by atoms with Gasteiger partial charge in [-0.25, -0.2) is 9.18 Å². The molecule has 2 aliphatic heterocycles. The molecule has 0 aliphatic carbocycles. The number of methoxy groups -OCH3 is 1. The average Bonchev–Trinajstić information content (AvgIpc) is 3.05. The van der Waals surface area contributed by atoms with Gasteiger partial charge in [0.25, 0.3) is 0 Å². The van der Waals surface area contributed by atoms with Gasteiger partial charge in [0.05, 0.1) is 19.1 Å². The van der Waals surface area contributed by atoms with E-state index in [4.69, 9.17) is 33.2 Å². The van der Waals surface area contributed by atoms with Crippen molar-refractivity contribution in [2.45, 2.75) is 103 Å². The Morgan fingerprint density at radius 2 is 1.37 bits per heavy atom. The van der Waals surface area contributed by atoms with Crippen molar-refractivity contribution < 1.29 is 66.3 Å². The Morgan fingerprint density at radius 1 is 0.804 bits per heavy atom. The quantitative estimate of drug-likeness (QED) is 0.166. The van der Waals surface area contributed by atoms with E-state index in [1.54, 1.807) is 41.3 Å². The SMILES string of the molecule is COC(=O)[C@H]1O[C@@H](Oc2ccc([C@@H]3C(CC[C@H](OC(C)=O)c4ccc(F)cc4)C(=O)N3C(C)C)cc2)C(OC(C)=O)[C@@H](OC(C)=O)C1OC(C)=O. The van der Waals surface area contributed by atoms with Gasteiger partial charge in [0, 0.05) is 33.7 Å². The summed E-state index contributed by atoms with van der Waals surface area (Å²) in [6, 6.07) is 11.9. The number of halogens is 1. The molecule has 2 aliphatic rings. The van der Waals surface area contributed by atoms with Crippen LogP contribution in [-0.4, -0.2) is 84.5 Å². The first-order valence-corrected chi connectivity index (χ1v) is 16.4. The van der Waals surface area contributed by atoms with E-state index in [0.717, 1.165) is 33.4 Å². The molecule has 14 nitrogen and oxygen atoms in total. The smallest absolute Gasteiger partial charge is 0.339 e. The molecule has 15 heteroatoms. The van der Waals surface area contributed by atoms with Crippen LogP contribution in [0.5, 0.6) is 5.75 Å². The van der Waals surface area contributed by atoms with Crippen molar-refractivity contribution in [3.05, 3.63) is 65.5 Å². The van der Waals surface area contributed by atoms with Crippen LogP contribution in [0.1, 0.15) is 77.7 Å². The molecule has 0 spiro atoms. The Bertz CT molecular complexity index is 1590. The van der Waals surface area contributed by atoms with Crippen LogP contribution in [0.25, 0.3) is 0 Å². The van der Waals surface area contributed by atoms with Gasteiger partial charge in [0.1, 0.15) is 17.7 Å². The van der Waals surface area contributed by atoms with E-state index in [9.17, 15) is 33.2 Å². The topological polar surface area (TPSA) is 170 Å². The minimum Gasteiger partial charge on any atom is -0.467 e. The molecule has 0 saturated carbocycles. The fourth-order valence-electron chi connectivity index (χ4n) is 6.38. The molecule has 2 fully saturated rings. The first-order valence-electron chi connectivity index (χ1n) is 16.4. The summed E-state index contributed by atoms with van der Waals surface area (Å²) < 4.78 is 51.9. The molecule has 51 heavy (non-hydrogen) atoms. The predicted octanol–water partition coefficient (Wildman–Crippen LogP) is 3.89. The number of rotatable bonds is 13. The van der Waals surface area contributed by atoms with Crippen molar-refractivity contribution in [3.63, 3.8) is 0 Å². The fraction of sp³-hybridized carbons (Fsp3) is 0.500. The average molecular weight is 716 g/mol. The lowest BCUT2D eigenvalue weighted by Crippen LogP contribution is -2.64. The Kier molecular flexibility index (Phi) is 12.7. The standard InChI is InChI=1S/C36H42FNO13/c1-18(2)38-29(27(34(38)43)16-17-28(46-19(3)39)23-8-12-25(37)13-9-23)24-10-14-26(15-11-24)50-36-33(49-22(6)42)31(48-21(5)41)30(47-20(4)40)32(51-36)35(44)45-7/h8-15,18,27-33,36H,16-17H2,1-7H3/t27?,28-,29+,30?,31-,32-,33?,36+/m0/s1. The highest BCUT2D eigenvalue weighted by Crippen LogP contribution is 2.45. The Labute approximate surface area is 294 Å². The zero-order valence-electron chi connectivity index (χ0n) is 29.4. The molecule has 4 rings (SSSR count). The van der Waals surface area contributed by atoms with Crippen molar-refractivity contribution >= 4 is 35.8 Å². The summed E-state index contributed by atoms with van der Waals surface area (Å²) in [4.78, 5) is 75.9. The van der Waals surface area contributed by atoms with Crippen molar-refractivity contribution in [1.29, 1.82) is 0 Å². The zero-order valence-corrected chi connectivity index (χ0v) is 29.4. The van der Waals surface area contributed by atoms with Crippen LogP contribution in [0, 0.1) is 11.7 Å². The molecule has 2 heterocycles. The van der Waals surface area contributed by atoms with Crippen molar-refractivity contribution in [3.8, 4) is 5.75 Å². The molecule has 0 N–H and O–H groups in total. The number of esters is 5. The van der Waals surface area contributed by atoms with Crippen molar-refractivity contribution in [1.82, 2.24) is 4.90 Å². The number of ether oxygens (including phenoxy) is 7. The lowest BCUT2D eigenvalue weighted by molar-refractivity contribution is -0.282. The first kappa shape index (κ1) is 38.7. The molecule has 3 unspecified atom stereocenters. The van der Waals surface area contributed by atoms with Crippen LogP contribution < -0.4 is 4.74 Å². The summed E-state index contributed by atoms with van der Waals surface area (Å²) in [5.74, 6) is -4.66. The predicted molar refractivity (Wildman–Crippen MR) is 173 cm³/mol. The normalized spacial score (nSPS) is 24.8. The Hall–Kier alpha value is -5.05. The minimum atomic E-state index is -1.62. The summed E-state index contributed by atoms with van der Waals surface area (Å²) in [6.45, 7) is 8.35. The number of hydrogen-bond acceptors (Lipinski definition) is 13. The molecule has 2 saturated heterocycles. The summed E-state index contributed by atoms with van der Waals surface area (Å²) in [6.07, 6.45) is -7.66. The number of carbonyl (C=O) groups excluding carboxylic acids is 6. The second kappa shape index (κ2) is 16.8. The summed E-state index contributed by atoms with van der Waals surface area (Å²) in [5, 5.41) is 0. The number of β-lactam (4-membered cyclic amide) rings is 1. The molecular formula is C36H42FNO13. The van der Waals surface area contributed by atoms with Crippen molar-refractivity contribution in [2.75, 3.05) is 7.11 Å². The highest BCUT2D eigenvalue weighted by Gasteiger charge is 2.56. The van der Waals surface area contributed by atoms with E-state index < -0.39 is 78.4 Å². The molecule has 276 valence electrons. The number of carbonyl (C=O) groups is 6. The third-order valence-corrected chi connectivity index (χ3v) is 8.41. The van der Waals surface area contributed by atoms with Gasteiger partial charge in [0.2, 0.25) is 18.3 Å². The third kappa shape index (κ3) is 9.39. The summed E-state index contributed by atoms with van der Waals surface area (Å²) in [5.41, 5.74) is 1.38. The second-order valence-electron chi connectivity index (χ2n) is 12.5. The largest absolute Gasteiger partial charge is 0.467 e. The molecule has 0 radical (unpaired) electrons. The molecule has 2 aromatic carbocycles. The molecule has 1 amide bonds. The lowest BCUT2D eigenvalue weighted by Gasteiger charge is -2.50. The number of hydrogen-bond donors (Lipinski definition) is 0. The number of nitrogens with zero attached hydrogens (tertiary/aromatic N) is 1. The van der Waals surface area contributed by atoms with E-state index in [1.807, 2.05) is 13.8 Å². The third-order valence-electron chi connectivity index (χ3n) is 8.41. The summed E-state index contributed by atoms with van der Waals surface area (Å²) >= 11 is 0. The van der Waals surface area contributed by atoms with E-state index in [1.165, 1.54) is 19.1 Å². The number of benzene rings is 2. The van der Waals surface area contributed by atoms with E-state index in [0.29, 0.717) is 18.4 Å². The molecule has 0 bridgehead atoms. The van der Waals surface area contributed by atoms with Gasteiger partial charge >= 0.3 is 29.8 Å². The van der Waals surface area contributed by atoms with Gasteiger partial charge in [-0.1, -0.05) is 24.3 Å². The maximum atomic E-state index is 13.6. The van der Waals surface area contributed by atoms with Crippen LogP contribution in [0.15, 0.2) is 48.5 Å². The number of amides is 1. The van der Waals surface area contributed by atoms with Crippen LogP contribution in [0.4, 0.5) is 4.39 Å². The summed E-state index contributed by atoms with van der Waals surface area (Å²) in [7, 11) is 1.09. The van der Waals surface area contributed by atoms with Crippen LogP contribution in [-0.2, 0) is 57.2 Å². The number of likely N-dealkylation sites (tertiary alicyclic amines) is 1. The van der Waals surface area contributed by atoms with E-state index >= 15 is 0 Å². The van der Waals surface area contributed by atoms with Gasteiger partial charge in [-0.2, -0.15) is 0 Å². The van der Waals surface area contributed by atoms with Crippen LogP contribution in [0.3, 0.4) is 0 Å². The van der Waals surface area contributed by atoms with Gasteiger partial charge < -0.3 is 38.1 Å². The molecule has 2 aromatic rings. The Morgan fingerprint density at radius 3 is 1.90 bits per heavy atom. The van der Waals surface area contributed by atoms with Crippen LogP contribution in [0.2, 0.25) is 0 Å². The zero-order chi connectivity index (χ0) is 37.6. The van der Waals surface area contributed by atoms with E-state index in [-0.39, 0.29) is 23.7 Å². The maximum absolute atomic E-state index is 13.6. The second-order valence-corrected chi connectivity index (χ2v) is 12.5. The molecule has 8 atom stereocenters. The maximum Gasteiger partial charge on any atom is 0.339 e.